The van der Waals surface area contributed by atoms with Gasteiger partial charge in [-0.2, -0.15) is 0 Å². The van der Waals surface area contributed by atoms with E-state index in [-0.39, 0.29) is 11.7 Å². The zero-order valence-electron chi connectivity index (χ0n) is 19.1. The zero-order chi connectivity index (χ0) is 24.5. The molecule has 0 aliphatic heterocycles. The maximum Gasteiger partial charge on any atom is 0.236 e. The quantitative estimate of drug-likeness (QED) is 0.264. The molecule has 0 bridgehead atoms. The third-order valence-corrected chi connectivity index (χ3v) is 7.55. The lowest BCUT2D eigenvalue weighted by Gasteiger charge is -2.11. The number of carbonyl (C=O) groups is 1. The van der Waals surface area contributed by atoms with Crippen molar-refractivity contribution in [3.63, 3.8) is 0 Å². The fraction of sp³-hybridized carbons (Fsp3) is 0.0769. The maximum atomic E-state index is 12.8. The van der Waals surface area contributed by atoms with Crippen LogP contribution in [-0.4, -0.2) is 43.5 Å². The number of aromatic nitrogens is 5. The Bertz CT molecular complexity index is 1650. The molecule has 0 spiro atoms. The molecule has 0 atom stereocenters. The predicted molar refractivity (Wildman–Crippen MR) is 144 cm³/mol. The number of nitrogens with zero attached hydrogens (tertiary/aromatic N) is 4. The summed E-state index contributed by atoms with van der Waals surface area (Å²) < 4.78 is 8.32. The Balaban J connectivity index is 1.30. The third kappa shape index (κ3) is 4.21. The van der Waals surface area contributed by atoms with Crippen LogP contribution in [0, 0.1) is 0 Å². The molecular weight excluding hydrogens is 492 g/mol. The molecule has 6 rings (SSSR count). The Morgan fingerprint density at radius 1 is 1.06 bits per heavy atom. The number of methoxy groups -OCH3 is 1. The molecule has 3 aromatic carbocycles. The lowest BCUT2D eigenvalue weighted by molar-refractivity contribution is -0.113. The Hall–Kier alpha value is -4.15. The van der Waals surface area contributed by atoms with Crippen LogP contribution in [0.2, 0.25) is 0 Å². The lowest BCUT2D eigenvalue weighted by Crippen LogP contribution is -2.14. The van der Waals surface area contributed by atoms with Crippen LogP contribution in [0.3, 0.4) is 0 Å². The fourth-order valence-electron chi connectivity index (χ4n) is 3.97. The standard InChI is InChI=1S/C26H20N6O2S2/c1-34-17-12-10-16(11-13-17)32-24(19-14-27-20-7-3-2-6-18(19)20)30-31-26(32)35-15-23(33)29-25-28-21-8-4-5-9-22(21)36-25/h2-14,27H,15H2,1H3,(H,28,29,33). The van der Waals surface area contributed by atoms with Gasteiger partial charge in [0.1, 0.15) is 5.75 Å². The first-order valence-electron chi connectivity index (χ1n) is 11.1. The number of rotatable bonds is 7. The van der Waals surface area contributed by atoms with Crippen molar-refractivity contribution < 1.29 is 9.53 Å². The molecule has 3 heterocycles. The minimum atomic E-state index is -0.156. The van der Waals surface area contributed by atoms with Crippen LogP contribution >= 0.6 is 23.1 Å². The van der Waals surface area contributed by atoms with E-state index in [4.69, 9.17) is 4.74 Å². The first-order chi connectivity index (χ1) is 17.7. The number of ether oxygens (including phenoxy) is 1. The van der Waals surface area contributed by atoms with Gasteiger partial charge >= 0.3 is 0 Å². The van der Waals surface area contributed by atoms with Gasteiger partial charge in [-0.25, -0.2) is 4.98 Å². The zero-order valence-corrected chi connectivity index (χ0v) is 20.8. The Morgan fingerprint density at radius 3 is 2.69 bits per heavy atom. The largest absolute Gasteiger partial charge is 0.497 e. The highest BCUT2D eigenvalue weighted by Gasteiger charge is 2.20. The first kappa shape index (κ1) is 22.3. The molecular formula is C26H20N6O2S2. The van der Waals surface area contributed by atoms with Crippen molar-refractivity contribution in [2.24, 2.45) is 0 Å². The van der Waals surface area contributed by atoms with Gasteiger partial charge in [-0.05, 0) is 42.5 Å². The van der Waals surface area contributed by atoms with Crippen molar-refractivity contribution in [3.05, 3.63) is 79.0 Å². The van der Waals surface area contributed by atoms with Crippen molar-refractivity contribution in [3.8, 4) is 22.8 Å². The second kappa shape index (κ2) is 9.48. The number of nitrogens with one attached hydrogen (secondary N) is 2. The van der Waals surface area contributed by atoms with Gasteiger partial charge < -0.3 is 15.0 Å². The number of aromatic amines is 1. The summed E-state index contributed by atoms with van der Waals surface area (Å²) in [5.74, 6) is 1.45. The molecule has 0 saturated heterocycles. The lowest BCUT2D eigenvalue weighted by atomic mass is 10.1. The molecule has 0 fully saturated rings. The van der Waals surface area contributed by atoms with Gasteiger partial charge in [0.15, 0.2) is 16.1 Å². The molecule has 0 aliphatic carbocycles. The Labute approximate surface area is 214 Å². The van der Waals surface area contributed by atoms with Gasteiger partial charge in [0, 0.05) is 28.4 Å². The average molecular weight is 513 g/mol. The average Bonchev–Trinajstić information content (AvgIpc) is 3.63. The van der Waals surface area contributed by atoms with Crippen molar-refractivity contribution >= 4 is 55.3 Å². The van der Waals surface area contributed by atoms with Crippen molar-refractivity contribution in [2.75, 3.05) is 18.2 Å². The number of hydrogen-bond acceptors (Lipinski definition) is 7. The summed E-state index contributed by atoms with van der Waals surface area (Å²) in [5, 5.41) is 14.1. The molecule has 6 aromatic rings. The van der Waals surface area contributed by atoms with Crippen LogP contribution in [0.1, 0.15) is 0 Å². The SMILES string of the molecule is COc1ccc(-n2c(SCC(=O)Nc3nc4ccccc4s3)nnc2-c2c[nH]c3ccccc23)cc1. The second-order valence-corrected chi connectivity index (χ2v) is 9.88. The monoisotopic (exact) mass is 512 g/mol. The molecule has 178 valence electrons. The molecule has 0 unspecified atom stereocenters. The van der Waals surface area contributed by atoms with Crippen LogP contribution in [0.4, 0.5) is 5.13 Å². The number of hydrogen-bond donors (Lipinski definition) is 2. The van der Waals surface area contributed by atoms with Gasteiger partial charge in [-0.1, -0.05) is 53.4 Å². The number of thiazole rings is 1. The molecule has 0 aliphatic rings. The summed E-state index contributed by atoms with van der Waals surface area (Å²) in [6.45, 7) is 0. The van der Waals surface area contributed by atoms with E-state index in [2.05, 4.69) is 25.5 Å². The number of carbonyl (C=O) groups excluding carboxylic acids is 1. The van der Waals surface area contributed by atoms with E-state index in [1.807, 2.05) is 83.6 Å². The van der Waals surface area contributed by atoms with Gasteiger partial charge in [-0.3, -0.25) is 9.36 Å². The van der Waals surface area contributed by atoms with Gasteiger partial charge in [-0.15, -0.1) is 10.2 Å². The number of amides is 1. The van der Waals surface area contributed by atoms with Crippen molar-refractivity contribution in [1.82, 2.24) is 24.7 Å². The van der Waals surface area contributed by atoms with Crippen LogP contribution in [-0.2, 0) is 4.79 Å². The summed E-state index contributed by atoms with van der Waals surface area (Å²) in [6.07, 6.45) is 1.93. The van der Waals surface area contributed by atoms with Gasteiger partial charge in [0.25, 0.3) is 0 Å². The molecule has 8 nitrogen and oxygen atoms in total. The van der Waals surface area contributed by atoms with Crippen LogP contribution < -0.4 is 10.1 Å². The highest BCUT2D eigenvalue weighted by atomic mass is 32.2. The number of benzene rings is 3. The Kier molecular flexibility index (Phi) is 5.88. The van der Waals surface area contributed by atoms with Crippen LogP contribution in [0.15, 0.2) is 84.1 Å². The summed E-state index contributed by atoms with van der Waals surface area (Å²) in [5.41, 5.74) is 3.68. The summed E-state index contributed by atoms with van der Waals surface area (Å²) in [7, 11) is 1.64. The normalized spacial score (nSPS) is 11.2. The van der Waals surface area contributed by atoms with E-state index in [0.717, 1.165) is 38.1 Å². The maximum absolute atomic E-state index is 12.8. The molecule has 1 amide bonds. The molecule has 36 heavy (non-hydrogen) atoms. The van der Waals surface area contributed by atoms with E-state index in [1.54, 1.807) is 7.11 Å². The molecule has 10 heteroatoms. The summed E-state index contributed by atoms with van der Waals surface area (Å²) in [4.78, 5) is 20.5. The highest BCUT2D eigenvalue weighted by Crippen LogP contribution is 2.33. The number of anilines is 1. The number of fused-ring (bicyclic) bond motifs is 2. The number of para-hydroxylation sites is 2. The third-order valence-electron chi connectivity index (χ3n) is 5.67. The first-order valence-corrected chi connectivity index (χ1v) is 12.9. The van der Waals surface area contributed by atoms with E-state index in [0.29, 0.717) is 16.1 Å². The topological polar surface area (TPSA) is 97.7 Å². The van der Waals surface area contributed by atoms with E-state index < -0.39 is 0 Å². The van der Waals surface area contributed by atoms with E-state index in [9.17, 15) is 4.79 Å². The van der Waals surface area contributed by atoms with Crippen molar-refractivity contribution in [2.45, 2.75) is 5.16 Å². The molecule has 3 aromatic heterocycles. The van der Waals surface area contributed by atoms with Crippen LogP contribution in [0.25, 0.3) is 38.2 Å². The second-order valence-electron chi connectivity index (χ2n) is 7.91. The smallest absolute Gasteiger partial charge is 0.236 e. The minimum absolute atomic E-state index is 0.156. The summed E-state index contributed by atoms with van der Waals surface area (Å²) in [6, 6.07) is 23.5. The Morgan fingerprint density at radius 2 is 1.86 bits per heavy atom. The highest BCUT2D eigenvalue weighted by molar-refractivity contribution is 7.99. The number of thioether (sulfide) groups is 1. The van der Waals surface area contributed by atoms with Crippen molar-refractivity contribution in [1.29, 1.82) is 0 Å². The summed E-state index contributed by atoms with van der Waals surface area (Å²) >= 11 is 2.78. The minimum Gasteiger partial charge on any atom is -0.497 e. The van der Waals surface area contributed by atoms with Gasteiger partial charge in [0.05, 0.1) is 23.1 Å². The van der Waals surface area contributed by atoms with E-state index in [1.165, 1.54) is 23.1 Å². The van der Waals surface area contributed by atoms with E-state index >= 15 is 0 Å². The molecule has 0 saturated carbocycles. The number of H-pyrrole nitrogens is 1. The van der Waals surface area contributed by atoms with Crippen LogP contribution in [0.5, 0.6) is 5.75 Å². The molecule has 2 N–H and O–H groups in total. The predicted octanol–water partition coefficient (Wildman–Crippen LogP) is 5.76. The fourth-order valence-corrected chi connectivity index (χ4v) is 5.60. The van der Waals surface area contributed by atoms with Gasteiger partial charge in [0.2, 0.25) is 5.91 Å². The molecule has 0 radical (unpaired) electrons.